The highest BCUT2D eigenvalue weighted by Gasteiger charge is 2.15. The summed E-state index contributed by atoms with van der Waals surface area (Å²) in [6.45, 7) is 5.63. The van der Waals surface area contributed by atoms with E-state index in [2.05, 4.69) is 17.1 Å². The maximum atomic E-state index is 12.0. The fraction of sp³-hybridized carbons (Fsp3) is 0.588. The maximum absolute atomic E-state index is 12.0. The first kappa shape index (κ1) is 16.6. The molecule has 0 atom stereocenters. The molecule has 3 N–H and O–H groups in total. The molecule has 1 fully saturated rings. The number of methoxy groups -OCH3 is 1. The minimum Gasteiger partial charge on any atom is -0.497 e. The molecule has 5 nitrogen and oxygen atoms in total. The van der Waals surface area contributed by atoms with Gasteiger partial charge in [-0.2, -0.15) is 0 Å². The van der Waals surface area contributed by atoms with Crippen LogP contribution in [0.4, 0.5) is 11.4 Å². The van der Waals surface area contributed by atoms with Crippen molar-refractivity contribution in [2.24, 2.45) is 5.92 Å². The number of nitrogens with zero attached hydrogens (tertiary/aromatic N) is 1. The topological polar surface area (TPSA) is 67.6 Å². The van der Waals surface area contributed by atoms with Gasteiger partial charge < -0.3 is 20.7 Å². The Morgan fingerprint density at radius 2 is 2.14 bits per heavy atom. The number of benzene rings is 1. The molecule has 0 radical (unpaired) electrons. The first-order chi connectivity index (χ1) is 10.6. The van der Waals surface area contributed by atoms with Crippen LogP contribution >= 0.6 is 0 Å². The van der Waals surface area contributed by atoms with Crippen molar-refractivity contribution in [1.29, 1.82) is 0 Å². The van der Waals surface area contributed by atoms with Crippen molar-refractivity contribution in [3.05, 3.63) is 18.2 Å². The molecule has 0 unspecified atom stereocenters. The van der Waals surface area contributed by atoms with Gasteiger partial charge in [0.15, 0.2) is 0 Å². The van der Waals surface area contributed by atoms with Crippen molar-refractivity contribution < 1.29 is 9.53 Å². The second kappa shape index (κ2) is 8.03. The van der Waals surface area contributed by atoms with Crippen molar-refractivity contribution in [2.45, 2.75) is 32.6 Å². The Labute approximate surface area is 132 Å². The van der Waals surface area contributed by atoms with E-state index in [-0.39, 0.29) is 5.91 Å². The number of nitrogens with one attached hydrogen (secondary N) is 1. The number of nitrogens with two attached hydrogens (primary N) is 1. The predicted octanol–water partition coefficient (Wildman–Crippen LogP) is 2.73. The Bertz CT molecular complexity index is 497. The van der Waals surface area contributed by atoms with E-state index in [0.717, 1.165) is 32.0 Å². The summed E-state index contributed by atoms with van der Waals surface area (Å²) in [5, 5.41) is 2.87. The average molecular weight is 305 g/mol. The standard InChI is InChI=1S/C17H27N3O2/c1-13-7-10-20(11-8-13)9-3-4-17(21)19-16-6-5-14(22-2)12-15(16)18/h5-6,12-13H,3-4,7-11,18H2,1-2H3,(H,19,21). The van der Waals surface area contributed by atoms with Gasteiger partial charge in [-0.25, -0.2) is 0 Å². The Morgan fingerprint density at radius 3 is 2.77 bits per heavy atom. The molecule has 0 spiro atoms. The number of rotatable bonds is 6. The van der Waals surface area contributed by atoms with Crippen molar-refractivity contribution in [3.63, 3.8) is 0 Å². The highest BCUT2D eigenvalue weighted by atomic mass is 16.5. The van der Waals surface area contributed by atoms with Crippen molar-refractivity contribution in [2.75, 3.05) is 37.8 Å². The van der Waals surface area contributed by atoms with E-state index >= 15 is 0 Å². The van der Waals surface area contributed by atoms with Crippen LogP contribution in [-0.2, 0) is 4.79 Å². The molecule has 0 aliphatic carbocycles. The molecule has 0 bridgehead atoms. The first-order valence-electron chi connectivity index (χ1n) is 8.04. The molecule has 0 saturated carbocycles. The van der Waals surface area contributed by atoms with E-state index in [4.69, 9.17) is 10.5 Å². The van der Waals surface area contributed by atoms with Gasteiger partial charge in [-0.15, -0.1) is 0 Å². The average Bonchev–Trinajstić information content (AvgIpc) is 2.51. The van der Waals surface area contributed by atoms with Crippen LogP contribution in [0, 0.1) is 5.92 Å². The van der Waals surface area contributed by atoms with Gasteiger partial charge in [0.05, 0.1) is 18.5 Å². The predicted molar refractivity (Wildman–Crippen MR) is 90.1 cm³/mol. The molecule has 5 heteroatoms. The fourth-order valence-electron chi connectivity index (χ4n) is 2.74. The molecule has 2 rings (SSSR count). The second-order valence-corrected chi connectivity index (χ2v) is 6.13. The summed E-state index contributed by atoms with van der Waals surface area (Å²) in [5.74, 6) is 1.55. The molecule has 1 aromatic carbocycles. The van der Waals surface area contributed by atoms with Gasteiger partial charge in [-0.1, -0.05) is 6.92 Å². The Balaban J connectivity index is 1.71. The third kappa shape index (κ3) is 4.91. The summed E-state index contributed by atoms with van der Waals surface area (Å²) in [6, 6.07) is 5.28. The summed E-state index contributed by atoms with van der Waals surface area (Å²) in [5.41, 5.74) is 7.08. The number of hydrogen-bond acceptors (Lipinski definition) is 4. The molecule has 1 saturated heterocycles. The summed E-state index contributed by atoms with van der Waals surface area (Å²) >= 11 is 0. The van der Waals surface area contributed by atoms with Crippen LogP contribution < -0.4 is 15.8 Å². The van der Waals surface area contributed by atoms with E-state index in [1.54, 1.807) is 25.3 Å². The quantitative estimate of drug-likeness (QED) is 0.793. The minimum atomic E-state index is 0.0160. The van der Waals surface area contributed by atoms with Gasteiger partial charge in [0, 0.05) is 12.5 Å². The number of hydrogen-bond donors (Lipinski definition) is 2. The lowest BCUT2D eigenvalue weighted by molar-refractivity contribution is -0.116. The lowest BCUT2D eigenvalue weighted by Gasteiger charge is -2.30. The molecule has 1 aromatic rings. The lowest BCUT2D eigenvalue weighted by atomic mass is 9.99. The third-order valence-electron chi connectivity index (χ3n) is 4.29. The minimum absolute atomic E-state index is 0.0160. The number of piperidine rings is 1. The summed E-state index contributed by atoms with van der Waals surface area (Å²) in [6.07, 6.45) is 3.96. The normalized spacial score (nSPS) is 16.5. The molecular weight excluding hydrogens is 278 g/mol. The summed E-state index contributed by atoms with van der Waals surface area (Å²) in [7, 11) is 1.59. The van der Waals surface area contributed by atoms with Gasteiger partial charge >= 0.3 is 0 Å². The molecule has 122 valence electrons. The van der Waals surface area contributed by atoms with E-state index in [1.807, 2.05) is 0 Å². The zero-order chi connectivity index (χ0) is 15.9. The summed E-state index contributed by atoms with van der Waals surface area (Å²) < 4.78 is 5.10. The van der Waals surface area contributed by atoms with E-state index in [1.165, 1.54) is 12.8 Å². The zero-order valence-corrected chi connectivity index (χ0v) is 13.6. The van der Waals surface area contributed by atoms with Crippen LogP contribution in [0.3, 0.4) is 0 Å². The number of anilines is 2. The zero-order valence-electron chi connectivity index (χ0n) is 13.6. The van der Waals surface area contributed by atoms with Gasteiger partial charge in [-0.3, -0.25) is 4.79 Å². The van der Waals surface area contributed by atoms with Crippen molar-refractivity contribution >= 4 is 17.3 Å². The Kier molecular flexibility index (Phi) is 6.07. The van der Waals surface area contributed by atoms with Crippen LogP contribution in [-0.4, -0.2) is 37.6 Å². The maximum Gasteiger partial charge on any atom is 0.224 e. The van der Waals surface area contributed by atoms with Crippen LogP contribution in [0.5, 0.6) is 5.75 Å². The van der Waals surface area contributed by atoms with Crippen LogP contribution in [0.15, 0.2) is 18.2 Å². The van der Waals surface area contributed by atoms with E-state index in [9.17, 15) is 4.79 Å². The number of amides is 1. The third-order valence-corrected chi connectivity index (χ3v) is 4.29. The second-order valence-electron chi connectivity index (χ2n) is 6.13. The molecule has 1 aliphatic heterocycles. The smallest absolute Gasteiger partial charge is 0.224 e. The molecule has 1 aliphatic rings. The van der Waals surface area contributed by atoms with Crippen LogP contribution in [0.2, 0.25) is 0 Å². The number of likely N-dealkylation sites (tertiary alicyclic amines) is 1. The van der Waals surface area contributed by atoms with Gasteiger partial charge in [0.2, 0.25) is 5.91 Å². The number of nitrogen functional groups attached to an aromatic ring is 1. The SMILES string of the molecule is COc1ccc(NC(=O)CCCN2CCC(C)CC2)c(N)c1. The Morgan fingerprint density at radius 1 is 1.41 bits per heavy atom. The number of carbonyl (C=O) groups is 1. The van der Waals surface area contributed by atoms with Gasteiger partial charge in [-0.05, 0) is 56.9 Å². The first-order valence-corrected chi connectivity index (χ1v) is 8.04. The fourth-order valence-corrected chi connectivity index (χ4v) is 2.74. The molecule has 1 amide bonds. The van der Waals surface area contributed by atoms with Crippen LogP contribution in [0.1, 0.15) is 32.6 Å². The molecule has 22 heavy (non-hydrogen) atoms. The highest BCUT2D eigenvalue weighted by molar-refractivity contribution is 5.93. The van der Waals surface area contributed by atoms with Crippen molar-refractivity contribution in [1.82, 2.24) is 4.90 Å². The lowest BCUT2D eigenvalue weighted by Crippen LogP contribution is -2.33. The van der Waals surface area contributed by atoms with E-state index < -0.39 is 0 Å². The largest absolute Gasteiger partial charge is 0.497 e. The monoisotopic (exact) mass is 305 g/mol. The van der Waals surface area contributed by atoms with Gasteiger partial charge in [0.1, 0.15) is 5.75 Å². The summed E-state index contributed by atoms with van der Waals surface area (Å²) in [4.78, 5) is 14.4. The molecular formula is C17H27N3O2. The van der Waals surface area contributed by atoms with Crippen LogP contribution in [0.25, 0.3) is 0 Å². The molecule has 1 heterocycles. The highest BCUT2D eigenvalue weighted by Crippen LogP contribution is 2.24. The number of carbonyl (C=O) groups excluding carboxylic acids is 1. The van der Waals surface area contributed by atoms with E-state index in [0.29, 0.717) is 23.5 Å². The van der Waals surface area contributed by atoms with Crippen molar-refractivity contribution in [3.8, 4) is 5.75 Å². The Hall–Kier alpha value is -1.75. The number of ether oxygens (including phenoxy) is 1. The molecule has 0 aromatic heterocycles. The van der Waals surface area contributed by atoms with Gasteiger partial charge in [0.25, 0.3) is 0 Å².